The molecule has 4 rings (SSSR count). The summed E-state index contributed by atoms with van der Waals surface area (Å²) >= 11 is 0. The topological polar surface area (TPSA) is 67.4 Å². The van der Waals surface area contributed by atoms with Gasteiger partial charge in [-0.05, 0) is 27.8 Å². The summed E-state index contributed by atoms with van der Waals surface area (Å²) in [5.41, 5.74) is 5.58. The van der Waals surface area contributed by atoms with Crippen LogP contribution in [0.15, 0.2) is 91.5 Å². The van der Waals surface area contributed by atoms with Gasteiger partial charge in [-0.2, -0.15) is 0 Å². The van der Waals surface area contributed by atoms with Crippen LogP contribution in [-0.4, -0.2) is 31.2 Å². The number of hydrogen-bond acceptors (Lipinski definition) is 3. The van der Waals surface area contributed by atoms with E-state index in [4.69, 9.17) is 4.74 Å². The molecule has 0 aromatic heterocycles. The number of ether oxygens (including phenoxy) is 1. The van der Waals surface area contributed by atoms with E-state index in [2.05, 4.69) is 41.5 Å². The van der Waals surface area contributed by atoms with Crippen molar-refractivity contribution in [3.05, 3.63) is 108 Å². The van der Waals surface area contributed by atoms with Crippen molar-refractivity contribution >= 4 is 12.0 Å². The molecule has 0 bridgehead atoms. The summed E-state index contributed by atoms with van der Waals surface area (Å²) in [6.07, 6.45) is 1.36. The van der Waals surface area contributed by atoms with E-state index < -0.39 is 12.1 Å². The molecule has 32 heavy (non-hydrogen) atoms. The Labute approximate surface area is 188 Å². The molecule has 2 amide bonds. The van der Waals surface area contributed by atoms with E-state index in [-0.39, 0.29) is 18.4 Å². The molecule has 0 saturated heterocycles. The van der Waals surface area contributed by atoms with E-state index in [0.717, 1.165) is 16.7 Å². The summed E-state index contributed by atoms with van der Waals surface area (Å²) in [6, 6.07) is 25.2. The number of benzene rings is 3. The molecule has 2 N–H and O–H groups in total. The van der Waals surface area contributed by atoms with Crippen LogP contribution in [0.4, 0.5) is 4.79 Å². The van der Waals surface area contributed by atoms with Gasteiger partial charge < -0.3 is 15.4 Å². The Bertz CT molecular complexity index is 1070. The Hall–Kier alpha value is -3.86. The van der Waals surface area contributed by atoms with Crippen molar-refractivity contribution in [2.75, 3.05) is 13.2 Å². The summed E-state index contributed by atoms with van der Waals surface area (Å²) in [5.74, 6) is -0.308. The quantitative estimate of drug-likeness (QED) is 0.524. The lowest BCUT2D eigenvalue weighted by Gasteiger charge is -2.19. The molecule has 162 valence electrons. The van der Waals surface area contributed by atoms with E-state index in [1.54, 1.807) is 6.08 Å². The first kappa shape index (κ1) is 21.4. The number of fused-ring (bicyclic) bond motifs is 3. The van der Waals surface area contributed by atoms with Crippen molar-refractivity contribution < 1.29 is 14.3 Å². The van der Waals surface area contributed by atoms with E-state index >= 15 is 0 Å². The fraction of sp³-hybridized carbons (Fsp3) is 0.185. The molecule has 0 heterocycles. The molecule has 0 radical (unpaired) electrons. The fourth-order valence-corrected chi connectivity index (χ4v) is 4.14. The molecule has 1 atom stereocenters. The SMILES string of the molecule is C=CCNC(=O)[C@H](Cc1ccccc1)NC(=O)OCC1c2ccccc2-c2ccccc21. The van der Waals surface area contributed by atoms with Gasteiger partial charge in [0.15, 0.2) is 0 Å². The van der Waals surface area contributed by atoms with Crippen molar-refractivity contribution in [3.63, 3.8) is 0 Å². The average molecular weight is 427 g/mol. The van der Waals surface area contributed by atoms with E-state index in [1.165, 1.54) is 11.1 Å². The van der Waals surface area contributed by atoms with Gasteiger partial charge in [-0.3, -0.25) is 4.79 Å². The monoisotopic (exact) mass is 426 g/mol. The second kappa shape index (κ2) is 9.96. The first-order valence-electron chi connectivity index (χ1n) is 10.7. The average Bonchev–Trinajstić information content (AvgIpc) is 3.15. The number of alkyl carbamates (subject to hydrolysis) is 1. The van der Waals surface area contributed by atoms with E-state index in [0.29, 0.717) is 13.0 Å². The summed E-state index contributed by atoms with van der Waals surface area (Å²) < 4.78 is 5.61. The zero-order valence-corrected chi connectivity index (χ0v) is 17.8. The zero-order chi connectivity index (χ0) is 22.3. The number of rotatable bonds is 8. The third kappa shape index (κ3) is 4.72. The molecule has 1 aliphatic rings. The molecular formula is C27H26N2O3. The van der Waals surface area contributed by atoms with Crippen LogP contribution in [-0.2, 0) is 16.0 Å². The van der Waals surface area contributed by atoms with E-state index in [1.807, 2.05) is 54.6 Å². The minimum atomic E-state index is -0.743. The van der Waals surface area contributed by atoms with Gasteiger partial charge in [0, 0.05) is 18.9 Å². The number of hydrogen-bond donors (Lipinski definition) is 2. The maximum absolute atomic E-state index is 12.7. The van der Waals surface area contributed by atoms with Crippen LogP contribution in [0.5, 0.6) is 0 Å². The largest absolute Gasteiger partial charge is 0.449 e. The Morgan fingerprint density at radius 3 is 2.12 bits per heavy atom. The standard InChI is InChI=1S/C27H26N2O3/c1-2-16-28-26(30)25(17-19-10-4-3-5-11-19)29-27(31)32-18-24-22-14-8-6-12-20(22)21-13-7-9-15-23(21)24/h2-15,24-25H,1,16-18H2,(H,28,30)(H,29,31)/t25-/m0/s1. The van der Waals surface area contributed by atoms with Crippen LogP contribution in [0.3, 0.4) is 0 Å². The Morgan fingerprint density at radius 2 is 1.50 bits per heavy atom. The maximum Gasteiger partial charge on any atom is 0.407 e. The molecule has 5 heteroatoms. The van der Waals surface area contributed by atoms with Crippen LogP contribution in [0.2, 0.25) is 0 Å². The lowest BCUT2D eigenvalue weighted by molar-refractivity contribution is -0.122. The van der Waals surface area contributed by atoms with Crippen molar-refractivity contribution in [1.82, 2.24) is 10.6 Å². The van der Waals surface area contributed by atoms with Crippen molar-refractivity contribution in [2.24, 2.45) is 0 Å². The Balaban J connectivity index is 1.44. The van der Waals surface area contributed by atoms with E-state index in [9.17, 15) is 9.59 Å². The van der Waals surface area contributed by atoms with Crippen LogP contribution in [0.1, 0.15) is 22.6 Å². The van der Waals surface area contributed by atoms with Gasteiger partial charge in [0.1, 0.15) is 12.6 Å². The second-order valence-electron chi connectivity index (χ2n) is 7.75. The molecule has 0 unspecified atom stereocenters. The molecule has 0 aliphatic heterocycles. The Morgan fingerprint density at radius 1 is 0.906 bits per heavy atom. The van der Waals surface area contributed by atoms with Crippen LogP contribution >= 0.6 is 0 Å². The van der Waals surface area contributed by atoms with Gasteiger partial charge in [-0.25, -0.2) is 4.79 Å². The highest BCUT2D eigenvalue weighted by atomic mass is 16.5. The van der Waals surface area contributed by atoms with Gasteiger partial charge in [0.2, 0.25) is 5.91 Å². The van der Waals surface area contributed by atoms with Gasteiger partial charge >= 0.3 is 6.09 Å². The van der Waals surface area contributed by atoms with Gasteiger partial charge in [-0.1, -0.05) is 84.9 Å². The first-order chi connectivity index (χ1) is 15.7. The fourth-order valence-electron chi connectivity index (χ4n) is 4.14. The molecule has 0 fully saturated rings. The number of carbonyl (C=O) groups excluding carboxylic acids is 2. The number of nitrogens with one attached hydrogen (secondary N) is 2. The maximum atomic E-state index is 12.7. The number of carbonyl (C=O) groups is 2. The first-order valence-corrected chi connectivity index (χ1v) is 10.7. The Kier molecular flexibility index (Phi) is 6.66. The highest BCUT2D eigenvalue weighted by Crippen LogP contribution is 2.44. The molecule has 3 aromatic rings. The predicted molar refractivity (Wildman–Crippen MR) is 125 cm³/mol. The van der Waals surface area contributed by atoms with Crippen molar-refractivity contribution in [3.8, 4) is 11.1 Å². The van der Waals surface area contributed by atoms with Crippen LogP contribution in [0.25, 0.3) is 11.1 Å². The minimum absolute atomic E-state index is 0.0321. The summed E-state index contributed by atoms with van der Waals surface area (Å²) in [6.45, 7) is 4.15. The molecule has 3 aromatic carbocycles. The van der Waals surface area contributed by atoms with Crippen molar-refractivity contribution in [1.29, 1.82) is 0 Å². The number of amides is 2. The van der Waals surface area contributed by atoms with Gasteiger partial charge in [-0.15, -0.1) is 6.58 Å². The highest BCUT2D eigenvalue weighted by Gasteiger charge is 2.29. The lowest BCUT2D eigenvalue weighted by atomic mass is 9.98. The lowest BCUT2D eigenvalue weighted by Crippen LogP contribution is -2.48. The molecule has 5 nitrogen and oxygen atoms in total. The zero-order valence-electron chi connectivity index (χ0n) is 17.8. The van der Waals surface area contributed by atoms with Crippen LogP contribution in [0, 0.1) is 0 Å². The van der Waals surface area contributed by atoms with Gasteiger partial charge in [0.25, 0.3) is 0 Å². The smallest absolute Gasteiger partial charge is 0.407 e. The molecule has 0 saturated carbocycles. The second-order valence-corrected chi connectivity index (χ2v) is 7.75. The summed E-state index contributed by atoms with van der Waals surface area (Å²) in [7, 11) is 0. The molecule has 1 aliphatic carbocycles. The summed E-state index contributed by atoms with van der Waals surface area (Å²) in [4.78, 5) is 25.3. The third-order valence-electron chi connectivity index (χ3n) is 5.66. The normalized spacial score (nSPS) is 12.9. The van der Waals surface area contributed by atoms with Crippen LogP contribution < -0.4 is 10.6 Å². The van der Waals surface area contributed by atoms with Gasteiger partial charge in [0.05, 0.1) is 0 Å². The van der Waals surface area contributed by atoms with Crippen molar-refractivity contribution in [2.45, 2.75) is 18.4 Å². The molecular weight excluding hydrogens is 400 g/mol. The predicted octanol–water partition coefficient (Wildman–Crippen LogP) is 4.44. The molecule has 0 spiro atoms. The summed E-state index contributed by atoms with van der Waals surface area (Å²) in [5, 5.41) is 5.49. The third-order valence-corrected chi connectivity index (χ3v) is 5.66. The minimum Gasteiger partial charge on any atom is -0.449 e. The highest BCUT2D eigenvalue weighted by molar-refractivity contribution is 5.86.